The molecule has 33 heavy (non-hydrogen) atoms. The summed E-state index contributed by atoms with van der Waals surface area (Å²) in [6, 6.07) is 7.82. The highest BCUT2D eigenvalue weighted by Crippen LogP contribution is 2.47. The van der Waals surface area contributed by atoms with Gasteiger partial charge in [0, 0.05) is 36.7 Å². The molecule has 1 saturated carbocycles. The molecule has 1 saturated heterocycles. The van der Waals surface area contributed by atoms with Gasteiger partial charge in [-0.25, -0.2) is 14.8 Å². The van der Waals surface area contributed by atoms with Gasteiger partial charge >= 0.3 is 6.03 Å². The number of anilines is 2. The van der Waals surface area contributed by atoms with Gasteiger partial charge in [-0.3, -0.25) is 4.90 Å². The van der Waals surface area contributed by atoms with Crippen molar-refractivity contribution in [2.75, 3.05) is 23.8 Å². The first kappa shape index (κ1) is 21.7. The third kappa shape index (κ3) is 3.93. The predicted molar refractivity (Wildman–Crippen MR) is 129 cm³/mol. The molecular weight excluding hydrogens is 438 g/mol. The first-order chi connectivity index (χ1) is 15.8. The molecule has 0 spiro atoms. The van der Waals surface area contributed by atoms with Crippen LogP contribution in [0.5, 0.6) is 0 Å². The first-order valence-corrected chi connectivity index (χ1v) is 11.6. The first-order valence-electron chi connectivity index (χ1n) is 11.2. The van der Waals surface area contributed by atoms with E-state index in [2.05, 4.69) is 29.1 Å². The molecule has 1 aliphatic carbocycles. The monoisotopic (exact) mass is 465 g/mol. The third-order valence-corrected chi connectivity index (χ3v) is 7.02. The number of nitrogens with zero attached hydrogens (tertiary/aromatic N) is 6. The van der Waals surface area contributed by atoms with Gasteiger partial charge in [0.25, 0.3) is 0 Å². The number of amides is 2. The predicted octanol–water partition coefficient (Wildman–Crippen LogP) is 4.62. The summed E-state index contributed by atoms with van der Waals surface area (Å²) in [7, 11) is 1.83. The highest BCUT2D eigenvalue weighted by atomic mass is 35.5. The van der Waals surface area contributed by atoms with E-state index in [1.807, 2.05) is 42.9 Å². The van der Waals surface area contributed by atoms with Crippen LogP contribution in [-0.2, 0) is 5.54 Å². The quantitative estimate of drug-likeness (QED) is 0.574. The largest absolute Gasteiger partial charge is 0.343 e. The van der Waals surface area contributed by atoms with E-state index < -0.39 is 0 Å². The van der Waals surface area contributed by atoms with Gasteiger partial charge in [-0.15, -0.1) is 0 Å². The number of aryl methyl sites for hydroxylation is 1. The number of carbonyl (C=O) groups is 1. The molecule has 2 aromatic heterocycles. The lowest BCUT2D eigenvalue weighted by Crippen LogP contribution is -2.38. The Bertz CT molecular complexity index is 1200. The Hall–Kier alpha value is -3.13. The van der Waals surface area contributed by atoms with Crippen LogP contribution in [0.3, 0.4) is 0 Å². The summed E-state index contributed by atoms with van der Waals surface area (Å²) in [5.41, 5.74) is 2.64. The smallest absolute Gasteiger partial charge is 0.325 e. The Morgan fingerprint density at radius 2 is 2.00 bits per heavy atom. The van der Waals surface area contributed by atoms with E-state index in [1.54, 1.807) is 28.4 Å². The SMILES string of the molecule is Cc1ccc(-n2cnc(C3(Nc4nccc(N5C(=O)N(C)CC5C(C)C)n4)CC3)c2)cc1Cl. The van der Waals surface area contributed by atoms with E-state index in [4.69, 9.17) is 16.6 Å². The molecule has 1 atom stereocenters. The second-order valence-electron chi connectivity index (χ2n) is 9.39. The molecular formula is C24H28ClN7O. The molecule has 0 bridgehead atoms. The number of benzene rings is 1. The van der Waals surface area contributed by atoms with Crippen molar-refractivity contribution in [2.45, 2.75) is 45.2 Å². The summed E-state index contributed by atoms with van der Waals surface area (Å²) in [6.45, 7) is 6.93. The van der Waals surface area contributed by atoms with Crippen LogP contribution >= 0.6 is 11.6 Å². The van der Waals surface area contributed by atoms with Gasteiger partial charge in [-0.1, -0.05) is 31.5 Å². The lowest BCUT2D eigenvalue weighted by molar-refractivity contribution is 0.229. The fourth-order valence-electron chi connectivity index (χ4n) is 4.32. The minimum Gasteiger partial charge on any atom is -0.343 e. The summed E-state index contributed by atoms with van der Waals surface area (Å²) in [6.07, 6.45) is 7.41. The zero-order chi connectivity index (χ0) is 23.3. The number of likely N-dealkylation sites (N-methyl/N-ethyl adjacent to an activating group) is 1. The van der Waals surface area contributed by atoms with Crippen LogP contribution in [0.15, 0.2) is 43.0 Å². The maximum absolute atomic E-state index is 12.8. The lowest BCUT2D eigenvalue weighted by Gasteiger charge is -2.25. The van der Waals surface area contributed by atoms with Crippen LogP contribution in [0.2, 0.25) is 5.02 Å². The number of aromatic nitrogens is 4. The molecule has 8 nitrogen and oxygen atoms in total. The van der Waals surface area contributed by atoms with E-state index in [0.29, 0.717) is 24.2 Å². The van der Waals surface area contributed by atoms with Crippen molar-refractivity contribution < 1.29 is 4.79 Å². The fraction of sp³-hybridized carbons (Fsp3) is 0.417. The number of imidazole rings is 1. The van der Waals surface area contributed by atoms with E-state index in [-0.39, 0.29) is 17.6 Å². The van der Waals surface area contributed by atoms with Gasteiger partial charge < -0.3 is 14.8 Å². The molecule has 1 unspecified atom stereocenters. The molecule has 3 aromatic rings. The summed E-state index contributed by atoms with van der Waals surface area (Å²) >= 11 is 6.30. The molecule has 1 aliphatic heterocycles. The number of hydrogen-bond acceptors (Lipinski definition) is 5. The molecule has 0 radical (unpaired) electrons. The summed E-state index contributed by atoms with van der Waals surface area (Å²) < 4.78 is 1.98. The molecule has 9 heteroatoms. The van der Waals surface area contributed by atoms with Crippen molar-refractivity contribution >= 4 is 29.4 Å². The van der Waals surface area contributed by atoms with E-state index in [9.17, 15) is 4.79 Å². The van der Waals surface area contributed by atoms with Gasteiger partial charge in [0.1, 0.15) is 5.82 Å². The zero-order valence-corrected chi connectivity index (χ0v) is 20.0. The Kier molecular flexibility index (Phi) is 5.28. The normalized spacial score (nSPS) is 19.5. The van der Waals surface area contributed by atoms with Crippen molar-refractivity contribution in [1.29, 1.82) is 0 Å². The van der Waals surface area contributed by atoms with Crippen LogP contribution in [0, 0.1) is 12.8 Å². The molecule has 172 valence electrons. The fourth-order valence-corrected chi connectivity index (χ4v) is 4.50. The number of urea groups is 1. The highest BCUT2D eigenvalue weighted by Gasteiger charge is 2.47. The van der Waals surface area contributed by atoms with Crippen molar-refractivity contribution in [3.05, 3.63) is 59.3 Å². The molecule has 2 amide bonds. The molecule has 2 aliphatic rings. The number of carbonyl (C=O) groups excluding carboxylic acids is 1. The molecule has 2 fully saturated rings. The van der Waals surface area contributed by atoms with Crippen LogP contribution in [0.25, 0.3) is 5.69 Å². The van der Waals surface area contributed by atoms with Gasteiger partial charge in [-0.2, -0.15) is 4.98 Å². The average Bonchev–Trinajstić information content (AvgIpc) is 3.25. The number of nitrogens with one attached hydrogen (secondary N) is 1. The maximum atomic E-state index is 12.8. The number of halogens is 1. The molecule has 1 aromatic carbocycles. The highest BCUT2D eigenvalue weighted by molar-refractivity contribution is 6.31. The molecule has 5 rings (SSSR count). The van der Waals surface area contributed by atoms with Crippen LogP contribution in [0.4, 0.5) is 16.6 Å². The topological polar surface area (TPSA) is 79.2 Å². The number of rotatable bonds is 6. The second kappa shape index (κ2) is 8.02. The van der Waals surface area contributed by atoms with Gasteiger partial charge in [0.15, 0.2) is 0 Å². The Balaban J connectivity index is 1.39. The van der Waals surface area contributed by atoms with Crippen molar-refractivity contribution in [1.82, 2.24) is 24.4 Å². The van der Waals surface area contributed by atoms with Crippen molar-refractivity contribution in [3.8, 4) is 5.69 Å². The minimum atomic E-state index is -0.304. The standard InChI is InChI=1S/C24H28ClN7O/c1-15(2)19-12-30(4)23(33)32(19)21-7-10-26-22(28-21)29-24(8-9-24)20-13-31(14-27-20)17-6-5-16(3)18(25)11-17/h5-7,10-11,13-15,19H,8-9,12H2,1-4H3,(H,26,28,29). The summed E-state index contributed by atoms with van der Waals surface area (Å²) in [5.74, 6) is 1.44. The number of hydrogen-bond donors (Lipinski definition) is 1. The molecule has 1 N–H and O–H groups in total. The van der Waals surface area contributed by atoms with Crippen LogP contribution < -0.4 is 10.2 Å². The van der Waals surface area contributed by atoms with Gasteiger partial charge in [0.05, 0.1) is 23.6 Å². The van der Waals surface area contributed by atoms with E-state index in [1.165, 1.54) is 0 Å². The van der Waals surface area contributed by atoms with E-state index in [0.717, 1.165) is 34.8 Å². The Morgan fingerprint density at radius 3 is 2.70 bits per heavy atom. The third-order valence-electron chi connectivity index (χ3n) is 6.61. The maximum Gasteiger partial charge on any atom is 0.325 e. The van der Waals surface area contributed by atoms with Gasteiger partial charge in [0.2, 0.25) is 5.95 Å². The van der Waals surface area contributed by atoms with Crippen molar-refractivity contribution in [2.24, 2.45) is 5.92 Å². The summed E-state index contributed by atoms with van der Waals surface area (Å²) in [4.78, 5) is 30.1. The van der Waals surface area contributed by atoms with Crippen molar-refractivity contribution in [3.63, 3.8) is 0 Å². The second-order valence-corrected chi connectivity index (χ2v) is 9.80. The Morgan fingerprint density at radius 1 is 1.21 bits per heavy atom. The average molecular weight is 466 g/mol. The van der Waals surface area contributed by atoms with Gasteiger partial charge in [-0.05, 0) is 49.4 Å². The Labute approximate surface area is 198 Å². The minimum absolute atomic E-state index is 0.0324. The van der Waals surface area contributed by atoms with E-state index >= 15 is 0 Å². The van der Waals surface area contributed by atoms with Crippen LogP contribution in [0.1, 0.15) is 37.9 Å². The lowest BCUT2D eigenvalue weighted by atomic mass is 10.0. The summed E-state index contributed by atoms with van der Waals surface area (Å²) in [5, 5.41) is 4.22. The van der Waals surface area contributed by atoms with Crippen LogP contribution in [-0.4, -0.2) is 50.1 Å². The molecule has 3 heterocycles. The zero-order valence-electron chi connectivity index (χ0n) is 19.3.